The fraction of sp³-hybridized carbons (Fsp3) is 0.538. The van der Waals surface area contributed by atoms with Gasteiger partial charge in [-0.05, 0) is 33.1 Å². The number of piperidine rings is 1. The third-order valence-corrected chi connectivity index (χ3v) is 3.89. The molecular formula is C13H17N3O4. The Morgan fingerprint density at radius 2 is 2.25 bits per heavy atom. The highest BCUT2D eigenvalue weighted by molar-refractivity contribution is 5.83. The van der Waals surface area contributed by atoms with Crippen LogP contribution in [0, 0.1) is 17.0 Å². The van der Waals surface area contributed by atoms with E-state index in [-0.39, 0.29) is 5.69 Å². The van der Waals surface area contributed by atoms with Crippen molar-refractivity contribution in [1.29, 1.82) is 0 Å². The zero-order valence-electron chi connectivity index (χ0n) is 11.5. The van der Waals surface area contributed by atoms with Gasteiger partial charge in [-0.25, -0.2) is 9.78 Å². The van der Waals surface area contributed by atoms with Crippen molar-refractivity contribution in [3.63, 3.8) is 0 Å². The molecule has 1 atom stereocenters. The van der Waals surface area contributed by atoms with Gasteiger partial charge >= 0.3 is 5.97 Å². The highest BCUT2D eigenvalue weighted by Crippen LogP contribution is 2.34. The van der Waals surface area contributed by atoms with Crippen molar-refractivity contribution >= 4 is 17.5 Å². The van der Waals surface area contributed by atoms with E-state index in [1.807, 2.05) is 0 Å². The van der Waals surface area contributed by atoms with E-state index in [9.17, 15) is 20.0 Å². The van der Waals surface area contributed by atoms with Gasteiger partial charge in [-0.2, -0.15) is 0 Å². The molecule has 108 valence electrons. The second-order valence-corrected chi connectivity index (χ2v) is 5.27. The summed E-state index contributed by atoms with van der Waals surface area (Å²) in [5.41, 5.74) is -0.630. The molecule has 1 aromatic heterocycles. The molecule has 0 saturated carbocycles. The first-order valence-electron chi connectivity index (χ1n) is 6.48. The molecule has 1 N–H and O–H groups in total. The van der Waals surface area contributed by atoms with Crippen LogP contribution in [0.25, 0.3) is 0 Å². The molecule has 1 fully saturated rings. The highest BCUT2D eigenvalue weighted by Gasteiger charge is 2.42. The van der Waals surface area contributed by atoms with Crippen LogP contribution >= 0.6 is 0 Å². The van der Waals surface area contributed by atoms with Gasteiger partial charge in [-0.3, -0.25) is 10.1 Å². The zero-order valence-corrected chi connectivity index (χ0v) is 11.5. The average molecular weight is 279 g/mol. The first-order valence-corrected chi connectivity index (χ1v) is 6.48. The van der Waals surface area contributed by atoms with Crippen LogP contribution < -0.4 is 4.90 Å². The standard InChI is InChI=1S/C13H17N3O4/c1-9-8-14-11(7-10(9)16(19)20)15-6-4-3-5-13(15,2)12(17)18/h7-8H,3-6H2,1-2H3,(H,17,18). The summed E-state index contributed by atoms with van der Waals surface area (Å²) < 4.78 is 0. The van der Waals surface area contributed by atoms with E-state index in [1.54, 1.807) is 18.7 Å². The Kier molecular flexibility index (Phi) is 3.61. The van der Waals surface area contributed by atoms with Crippen molar-refractivity contribution in [1.82, 2.24) is 4.98 Å². The summed E-state index contributed by atoms with van der Waals surface area (Å²) in [6, 6.07) is 1.36. The van der Waals surface area contributed by atoms with Crippen LogP contribution in [0.3, 0.4) is 0 Å². The molecular weight excluding hydrogens is 262 g/mol. The number of carboxylic acid groups (broad SMARTS) is 1. The molecule has 0 aliphatic carbocycles. The Labute approximate surface area is 116 Å². The van der Waals surface area contributed by atoms with Gasteiger partial charge in [0.05, 0.1) is 11.0 Å². The SMILES string of the molecule is Cc1cnc(N2CCCCC2(C)C(=O)O)cc1[N+](=O)[O-]. The van der Waals surface area contributed by atoms with Crippen LogP contribution in [0.5, 0.6) is 0 Å². The molecule has 7 heteroatoms. The third kappa shape index (κ3) is 2.31. The lowest BCUT2D eigenvalue weighted by molar-refractivity contribution is -0.385. The number of aromatic nitrogens is 1. The maximum atomic E-state index is 11.5. The van der Waals surface area contributed by atoms with Gasteiger partial charge in [0, 0.05) is 18.3 Å². The predicted octanol–water partition coefficient (Wildman–Crippen LogP) is 2.13. The minimum atomic E-state index is -1.06. The Hall–Kier alpha value is -2.18. The third-order valence-electron chi connectivity index (χ3n) is 3.89. The van der Waals surface area contributed by atoms with Crippen LogP contribution in [0.1, 0.15) is 31.7 Å². The van der Waals surface area contributed by atoms with E-state index in [2.05, 4.69) is 4.98 Å². The topological polar surface area (TPSA) is 96.6 Å². The van der Waals surface area contributed by atoms with Gasteiger partial charge < -0.3 is 10.0 Å². The number of nitrogens with zero attached hydrogens (tertiary/aromatic N) is 3. The van der Waals surface area contributed by atoms with Crippen molar-refractivity contribution < 1.29 is 14.8 Å². The Morgan fingerprint density at radius 1 is 1.55 bits per heavy atom. The number of nitro groups is 1. The molecule has 1 saturated heterocycles. The zero-order chi connectivity index (χ0) is 14.9. The minimum Gasteiger partial charge on any atom is -0.480 e. The van der Waals surface area contributed by atoms with Gasteiger partial charge in [-0.15, -0.1) is 0 Å². The summed E-state index contributed by atoms with van der Waals surface area (Å²) in [6.45, 7) is 3.79. The Morgan fingerprint density at radius 3 is 2.85 bits per heavy atom. The van der Waals surface area contributed by atoms with Crippen molar-refractivity contribution in [3.05, 3.63) is 27.9 Å². The van der Waals surface area contributed by atoms with E-state index in [0.29, 0.717) is 24.3 Å². The minimum absolute atomic E-state index is 0.0340. The number of hydrogen-bond donors (Lipinski definition) is 1. The summed E-state index contributed by atoms with van der Waals surface area (Å²) in [4.78, 5) is 27.9. The summed E-state index contributed by atoms with van der Waals surface area (Å²) >= 11 is 0. The molecule has 0 spiro atoms. The Balaban J connectivity index is 2.46. The van der Waals surface area contributed by atoms with E-state index in [0.717, 1.165) is 12.8 Å². The molecule has 7 nitrogen and oxygen atoms in total. The van der Waals surface area contributed by atoms with Gasteiger partial charge in [0.15, 0.2) is 0 Å². The largest absolute Gasteiger partial charge is 0.480 e. The number of carbonyl (C=O) groups is 1. The first-order chi connectivity index (χ1) is 9.36. The average Bonchev–Trinajstić information content (AvgIpc) is 2.39. The number of anilines is 1. The monoisotopic (exact) mass is 279 g/mol. The van der Waals surface area contributed by atoms with E-state index < -0.39 is 16.4 Å². The second-order valence-electron chi connectivity index (χ2n) is 5.27. The van der Waals surface area contributed by atoms with Gasteiger partial charge in [0.25, 0.3) is 5.69 Å². The molecule has 1 aromatic rings. The fourth-order valence-corrected chi connectivity index (χ4v) is 2.56. The van der Waals surface area contributed by atoms with Gasteiger partial charge in [0.2, 0.25) is 0 Å². The molecule has 0 bridgehead atoms. The number of rotatable bonds is 3. The molecule has 1 unspecified atom stereocenters. The maximum Gasteiger partial charge on any atom is 0.329 e. The molecule has 2 rings (SSSR count). The number of carboxylic acids is 1. The molecule has 20 heavy (non-hydrogen) atoms. The summed E-state index contributed by atoms with van der Waals surface area (Å²) in [6.07, 6.45) is 3.61. The maximum absolute atomic E-state index is 11.5. The van der Waals surface area contributed by atoms with Crippen LogP contribution in [-0.2, 0) is 4.79 Å². The van der Waals surface area contributed by atoms with Crippen molar-refractivity contribution in [2.75, 3.05) is 11.4 Å². The van der Waals surface area contributed by atoms with Crippen LogP contribution in [0.15, 0.2) is 12.3 Å². The van der Waals surface area contributed by atoms with Gasteiger partial charge in [0.1, 0.15) is 11.4 Å². The van der Waals surface area contributed by atoms with E-state index in [1.165, 1.54) is 12.3 Å². The number of pyridine rings is 1. The second kappa shape index (κ2) is 5.07. The quantitative estimate of drug-likeness (QED) is 0.672. The van der Waals surface area contributed by atoms with Crippen LogP contribution in [0.2, 0.25) is 0 Å². The van der Waals surface area contributed by atoms with Crippen molar-refractivity contribution in [3.8, 4) is 0 Å². The lowest BCUT2D eigenvalue weighted by atomic mass is 9.88. The summed E-state index contributed by atoms with van der Waals surface area (Å²) in [5.74, 6) is -0.575. The normalized spacial score (nSPS) is 22.6. The molecule has 0 amide bonds. The lowest BCUT2D eigenvalue weighted by Gasteiger charge is -2.42. The first kappa shape index (κ1) is 14.2. The summed E-state index contributed by atoms with van der Waals surface area (Å²) in [5, 5.41) is 20.5. The predicted molar refractivity (Wildman–Crippen MR) is 72.9 cm³/mol. The fourth-order valence-electron chi connectivity index (χ4n) is 2.56. The number of hydrogen-bond acceptors (Lipinski definition) is 5. The molecule has 1 aliphatic rings. The molecule has 1 aliphatic heterocycles. The molecule has 2 heterocycles. The van der Waals surface area contributed by atoms with Gasteiger partial charge in [-0.1, -0.05) is 0 Å². The van der Waals surface area contributed by atoms with Crippen molar-refractivity contribution in [2.24, 2.45) is 0 Å². The summed E-state index contributed by atoms with van der Waals surface area (Å²) in [7, 11) is 0. The molecule has 0 aromatic carbocycles. The smallest absolute Gasteiger partial charge is 0.329 e. The van der Waals surface area contributed by atoms with E-state index in [4.69, 9.17) is 0 Å². The lowest BCUT2D eigenvalue weighted by Crippen LogP contribution is -2.55. The van der Waals surface area contributed by atoms with Crippen LogP contribution in [-0.4, -0.2) is 33.1 Å². The Bertz CT molecular complexity index is 561. The van der Waals surface area contributed by atoms with Crippen molar-refractivity contribution in [2.45, 2.75) is 38.6 Å². The number of aliphatic carboxylic acids is 1. The molecule has 0 radical (unpaired) electrons. The van der Waals surface area contributed by atoms with E-state index >= 15 is 0 Å². The number of aryl methyl sites for hydroxylation is 1. The van der Waals surface area contributed by atoms with Crippen LogP contribution in [0.4, 0.5) is 11.5 Å². The highest BCUT2D eigenvalue weighted by atomic mass is 16.6.